The van der Waals surface area contributed by atoms with Gasteiger partial charge in [0.2, 0.25) is 0 Å². The van der Waals surface area contributed by atoms with E-state index in [1.807, 2.05) is 26.0 Å². The maximum Gasteiger partial charge on any atom is 0.133 e. The zero-order valence-electron chi connectivity index (χ0n) is 11.6. The molecule has 0 amide bonds. The van der Waals surface area contributed by atoms with Gasteiger partial charge in [-0.05, 0) is 50.1 Å². The minimum absolute atomic E-state index is 0.598. The smallest absolute Gasteiger partial charge is 0.133 e. The third-order valence-electron chi connectivity index (χ3n) is 3.23. The summed E-state index contributed by atoms with van der Waals surface area (Å²) in [5.41, 5.74) is 9.70. The Hall–Kier alpha value is -1.16. The number of hydrogen-bond acceptors (Lipinski definition) is 3. The molecule has 1 aromatic heterocycles. The Morgan fingerprint density at radius 1 is 1.10 bits per heavy atom. The van der Waals surface area contributed by atoms with Crippen LogP contribution >= 0.6 is 23.2 Å². The Morgan fingerprint density at radius 2 is 1.75 bits per heavy atom. The van der Waals surface area contributed by atoms with Gasteiger partial charge >= 0.3 is 0 Å². The molecular weight excluding hydrogens is 293 g/mol. The average molecular weight is 310 g/mol. The van der Waals surface area contributed by atoms with Crippen molar-refractivity contribution in [3.8, 4) is 0 Å². The van der Waals surface area contributed by atoms with Crippen molar-refractivity contribution in [3.63, 3.8) is 0 Å². The molecule has 0 saturated carbocycles. The molecule has 0 saturated heterocycles. The molecule has 0 aliphatic heterocycles. The van der Waals surface area contributed by atoms with Crippen LogP contribution in [0.2, 0.25) is 10.0 Å². The van der Waals surface area contributed by atoms with E-state index in [4.69, 9.17) is 28.9 Å². The van der Waals surface area contributed by atoms with Crippen LogP contribution in [0.4, 0.5) is 0 Å². The van der Waals surface area contributed by atoms with Crippen molar-refractivity contribution in [1.82, 2.24) is 9.97 Å². The third kappa shape index (κ3) is 3.48. The Labute approximate surface area is 129 Å². The highest BCUT2D eigenvalue weighted by Gasteiger charge is 2.10. The lowest BCUT2D eigenvalue weighted by atomic mass is 10.1. The minimum Gasteiger partial charge on any atom is -0.330 e. The maximum absolute atomic E-state index is 6.18. The number of hydrogen-bond donors (Lipinski definition) is 1. The van der Waals surface area contributed by atoms with Gasteiger partial charge in [0.05, 0.1) is 0 Å². The summed E-state index contributed by atoms with van der Waals surface area (Å²) in [4.78, 5) is 9.11. The summed E-state index contributed by atoms with van der Waals surface area (Å²) in [5, 5.41) is 1.27. The van der Waals surface area contributed by atoms with Crippen molar-refractivity contribution in [1.29, 1.82) is 0 Å². The normalized spacial score (nSPS) is 10.8. The molecule has 1 aromatic carbocycles. The number of halogens is 2. The minimum atomic E-state index is 0.598. The summed E-state index contributed by atoms with van der Waals surface area (Å²) in [6.45, 7) is 4.59. The topological polar surface area (TPSA) is 51.8 Å². The maximum atomic E-state index is 6.18. The first kappa shape index (κ1) is 15.2. The molecule has 5 heteroatoms. The van der Waals surface area contributed by atoms with E-state index in [1.165, 1.54) is 0 Å². The van der Waals surface area contributed by atoms with E-state index in [2.05, 4.69) is 9.97 Å². The summed E-state index contributed by atoms with van der Waals surface area (Å²) < 4.78 is 0. The van der Waals surface area contributed by atoms with E-state index in [1.54, 1.807) is 6.07 Å². The van der Waals surface area contributed by atoms with Gasteiger partial charge in [-0.3, -0.25) is 0 Å². The zero-order chi connectivity index (χ0) is 14.7. The van der Waals surface area contributed by atoms with Crippen LogP contribution in [0, 0.1) is 13.8 Å². The van der Waals surface area contributed by atoms with Crippen molar-refractivity contribution in [2.75, 3.05) is 6.54 Å². The number of aromatic nitrogens is 2. The largest absolute Gasteiger partial charge is 0.330 e. The first-order valence-electron chi connectivity index (χ1n) is 6.48. The van der Waals surface area contributed by atoms with Crippen molar-refractivity contribution in [2.24, 2.45) is 5.73 Å². The lowest BCUT2D eigenvalue weighted by molar-refractivity contribution is 0.851. The Balaban J connectivity index is 2.30. The van der Waals surface area contributed by atoms with Gasteiger partial charge in [0, 0.05) is 27.9 Å². The lowest BCUT2D eigenvalue weighted by Crippen LogP contribution is -2.10. The van der Waals surface area contributed by atoms with Gasteiger partial charge in [0.25, 0.3) is 0 Å². The molecule has 0 bridgehead atoms. The van der Waals surface area contributed by atoms with Gasteiger partial charge < -0.3 is 5.73 Å². The fourth-order valence-corrected chi connectivity index (χ4v) is 2.70. The Bertz CT molecular complexity index is 604. The lowest BCUT2D eigenvalue weighted by Gasteiger charge is -2.10. The molecule has 0 aliphatic rings. The molecule has 106 valence electrons. The molecule has 2 N–H and O–H groups in total. The van der Waals surface area contributed by atoms with Gasteiger partial charge in [0.15, 0.2) is 0 Å². The second-order valence-corrected chi connectivity index (χ2v) is 5.58. The molecule has 0 radical (unpaired) electrons. The van der Waals surface area contributed by atoms with E-state index in [0.717, 1.165) is 34.8 Å². The summed E-state index contributed by atoms with van der Waals surface area (Å²) in [5.74, 6) is 0.769. The predicted octanol–water partition coefficient (Wildman–Crippen LogP) is 3.49. The number of aryl methyl sites for hydroxylation is 2. The average Bonchev–Trinajstić information content (AvgIpc) is 2.37. The van der Waals surface area contributed by atoms with Gasteiger partial charge in [-0.2, -0.15) is 0 Å². The second kappa shape index (κ2) is 6.53. The fourth-order valence-electron chi connectivity index (χ4n) is 2.23. The molecule has 1 heterocycles. The SMILES string of the molecule is Cc1nc(Cc2ccc(Cl)cc2Cl)nc(C)c1CCN. The molecule has 2 rings (SSSR count). The highest BCUT2D eigenvalue weighted by molar-refractivity contribution is 6.35. The predicted molar refractivity (Wildman–Crippen MR) is 83.5 cm³/mol. The van der Waals surface area contributed by atoms with E-state index in [0.29, 0.717) is 23.0 Å². The molecule has 2 aromatic rings. The molecule has 0 aliphatic carbocycles. The monoisotopic (exact) mass is 309 g/mol. The van der Waals surface area contributed by atoms with Crippen LogP contribution in [0.25, 0.3) is 0 Å². The van der Waals surface area contributed by atoms with Crippen LogP contribution in [0.5, 0.6) is 0 Å². The molecule has 20 heavy (non-hydrogen) atoms. The third-order valence-corrected chi connectivity index (χ3v) is 3.81. The Morgan fingerprint density at radius 3 is 2.30 bits per heavy atom. The standard InChI is InChI=1S/C15H17Cl2N3/c1-9-13(5-6-18)10(2)20-15(19-9)7-11-3-4-12(16)8-14(11)17/h3-4,8H,5-7,18H2,1-2H3. The molecular formula is C15H17Cl2N3. The van der Waals surface area contributed by atoms with Crippen molar-refractivity contribution < 1.29 is 0 Å². The summed E-state index contributed by atoms with van der Waals surface area (Å²) in [7, 11) is 0. The van der Waals surface area contributed by atoms with Crippen molar-refractivity contribution in [2.45, 2.75) is 26.7 Å². The highest BCUT2D eigenvalue weighted by atomic mass is 35.5. The van der Waals surface area contributed by atoms with Crippen molar-refractivity contribution >= 4 is 23.2 Å². The van der Waals surface area contributed by atoms with Gasteiger partial charge in [-0.25, -0.2) is 9.97 Å². The number of nitrogens with two attached hydrogens (primary N) is 1. The van der Waals surface area contributed by atoms with Gasteiger partial charge in [-0.15, -0.1) is 0 Å². The fraction of sp³-hybridized carbons (Fsp3) is 0.333. The van der Waals surface area contributed by atoms with Gasteiger partial charge in [0.1, 0.15) is 5.82 Å². The van der Waals surface area contributed by atoms with E-state index >= 15 is 0 Å². The quantitative estimate of drug-likeness (QED) is 0.940. The van der Waals surface area contributed by atoms with E-state index in [9.17, 15) is 0 Å². The van der Waals surface area contributed by atoms with Gasteiger partial charge in [-0.1, -0.05) is 29.3 Å². The van der Waals surface area contributed by atoms with Crippen LogP contribution in [-0.2, 0) is 12.8 Å². The van der Waals surface area contributed by atoms with E-state index < -0.39 is 0 Å². The van der Waals surface area contributed by atoms with Crippen LogP contribution in [0.3, 0.4) is 0 Å². The molecule has 0 spiro atoms. The first-order chi connectivity index (χ1) is 9.51. The number of benzene rings is 1. The zero-order valence-corrected chi connectivity index (χ0v) is 13.1. The summed E-state index contributed by atoms with van der Waals surface area (Å²) >= 11 is 12.1. The summed E-state index contributed by atoms with van der Waals surface area (Å²) in [6.07, 6.45) is 1.40. The van der Waals surface area contributed by atoms with Crippen LogP contribution in [0.15, 0.2) is 18.2 Å². The molecule has 0 fully saturated rings. The second-order valence-electron chi connectivity index (χ2n) is 4.74. The highest BCUT2D eigenvalue weighted by Crippen LogP contribution is 2.23. The van der Waals surface area contributed by atoms with E-state index in [-0.39, 0.29) is 0 Å². The van der Waals surface area contributed by atoms with Crippen LogP contribution in [-0.4, -0.2) is 16.5 Å². The first-order valence-corrected chi connectivity index (χ1v) is 7.24. The Kier molecular flexibility index (Phi) is 4.97. The number of nitrogens with zero attached hydrogens (tertiary/aromatic N) is 2. The number of rotatable bonds is 4. The molecule has 0 atom stereocenters. The molecule has 0 unspecified atom stereocenters. The molecule has 3 nitrogen and oxygen atoms in total. The summed E-state index contributed by atoms with van der Waals surface area (Å²) in [6, 6.07) is 5.47. The van der Waals surface area contributed by atoms with Crippen molar-refractivity contribution in [3.05, 3.63) is 56.6 Å². The van der Waals surface area contributed by atoms with Crippen LogP contribution in [0.1, 0.15) is 28.3 Å². The van der Waals surface area contributed by atoms with Crippen LogP contribution < -0.4 is 5.73 Å².